The van der Waals surface area contributed by atoms with Gasteiger partial charge in [0.1, 0.15) is 0 Å². The lowest BCUT2D eigenvalue weighted by Gasteiger charge is -2.22. The van der Waals surface area contributed by atoms with Crippen LogP contribution >= 0.6 is 11.3 Å². The Bertz CT molecular complexity index is 464. The van der Waals surface area contributed by atoms with Gasteiger partial charge in [0, 0.05) is 6.54 Å². The lowest BCUT2D eigenvalue weighted by atomic mass is 10.0. The fourth-order valence-corrected chi connectivity index (χ4v) is 4.13. The van der Waals surface area contributed by atoms with Crippen molar-refractivity contribution in [2.75, 3.05) is 19.6 Å². The molecule has 1 atom stereocenters. The van der Waals surface area contributed by atoms with Crippen LogP contribution in [-0.4, -0.2) is 33.0 Å². The first-order valence-electron chi connectivity index (χ1n) is 5.71. The fourth-order valence-electron chi connectivity index (χ4n) is 1.86. The number of nitrogens with one attached hydrogen (secondary N) is 2. The molecule has 96 valence electrons. The maximum atomic E-state index is 11.9. The molecule has 1 aromatic heterocycles. The van der Waals surface area contributed by atoms with Crippen molar-refractivity contribution >= 4 is 21.4 Å². The van der Waals surface area contributed by atoms with Gasteiger partial charge in [-0.2, -0.15) is 0 Å². The molecule has 7 heteroatoms. The maximum Gasteiger partial charge on any atom is 0.251 e. The molecule has 0 spiro atoms. The molecule has 0 amide bonds. The van der Waals surface area contributed by atoms with Crippen molar-refractivity contribution in [1.82, 2.24) is 15.0 Å². The Kier molecular flexibility index (Phi) is 4.13. The Morgan fingerprint density at radius 2 is 2.47 bits per heavy atom. The third kappa shape index (κ3) is 3.48. The zero-order valence-electron chi connectivity index (χ0n) is 9.77. The highest BCUT2D eigenvalue weighted by atomic mass is 32.2. The summed E-state index contributed by atoms with van der Waals surface area (Å²) in [5.74, 6) is 0.396. The molecule has 5 nitrogen and oxygen atoms in total. The van der Waals surface area contributed by atoms with Crippen molar-refractivity contribution in [3.8, 4) is 0 Å². The van der Waals surface area contributed by atoms with Gasteiger partial charge in [0.15, 0.2) is 4.21 Å². The van der Waals surface area contributed by atoms with Crippen LogP contribution in [0.25, 0.3) is 0 Å². The minimum atomic E-state index is -3.36. The number of aryl methyl sites for hydroxylation is 1. The van der Waals surface area contributed by atoms with Crippen LogP contribution < -0.4 is 10.0 Å². The molecule has 2 heterocycles. The molecular weight excluding hydrogens is 258 g/mol. The van der Waals surface area contributed by atoms with Gasteiger partial charge in [-0.1, -0.05) is 0 Å². The van der Waals surface area contributed by atoms with Crippen molar-refractivity contribution in [2.24, 2.45) is 5.92 Å². The van der Waals surface area contributed by atoms with Crippen LogP contribution in [0.4, 0.5) is 0 Å². The predicted octanol–water partition coefficient (Wildman–Crippen LogP) is 0.729. The highest BCUT2D eigenvalue weighted by Crippen LogP contribution is 2.18. The van der Waals surface area contributed by atoms with Crippen LogP contribution in [0, 0.1) is 12.8 Å². The summed E-state index contributed by atoms with van der Waals surface area (Å²) in [4.78, 5) is 3.96. The summed E-state index contributed by atoms with van der Waals surface area (Å²) in [5, 5.41) is 4.04. The van der Waals surface area contributed by atoms with Crippen LogP contribution in [-0.2, 0) is 10.0 Å². The molecule has 0 saturated carbocycles. The van der Waals surface area contributed by atoms with E-state index in [2.05, 4.69) is 15.0 Å². The summed E-state index contributed by atoms with van der Waals surface area (Å²) >= 11 is 1.20. The average molecular weight is 275 g/mol. The first-order chi connectivity index (χ1) is 8.08. The highest BCUT2D eigenvalue weighted by molar-refractivity contribution is 7.91. The molecule has 0 bridgehead atoms. The van der Waals surface area contributed by atoms with Crippen LogP contribution in [0.5, 0.6) is 0 Å². The zero-order valence-corrected chi connectivity index (χ0v) is 11.4. The number of thiazole rings is 1. The second-order valence-corrected chi connectivity index (χ2v) is 7.49. The molecule has 0 aliphatic carbocycles. The van der Waals surface area contributed by atoms with Gasteiger partial charge in [0.25, 0.3) is 10.0 Å². The summed E-state index contributed by atoms with van der Waals surface area (Å²) in [7, 11) is -3.36. The largest absolute Gasteiger partial charge is 0.316 e. The Labute approximate surface area is 106 Å². The van der Waals surface area contributed by atoms with Gasteiger partial charge in [-0.3, -0.25) is 0 Å². The topological polar surface area (TPSA) is 71.1 Å². The van der Waals surface area contributed by atoms with Crippen LogP contribution in [0.1, 0.15) is 17.8 Å². The highest BCUT2D eigenvalue weighted by Gasteiger charge is 2.20. The molecule has 0 radical (unpaired) electrons. The minimum Gasteiger partial charge on any atom is -0.316 e. The van der Waals surface area contributed by atoms with E-state index in [0.717, 1.165) is 30.9 Å². The number of piperidine rings is 1. The molecule has 1 fully saturated rings. The fraction of sp³-hybridized carbons (Fsp3) is 0.700. The maximum absolute atomic E-state index is 11.9. The SMILES string of the molecule is Cc1ncc(S(=O)(=O)NCC2CCCNC2)s1. The van der Waals surface area contributed by atoms with Crippen LogP contribution in [0.2, 0.25) is 0 Å². The van der Waals surface area contributed by atoms with E-state index in [1.165, 1.54) is 17.5 Å². The van der Waals surface area contributed by atoms with E-state index in [1.54, 1.807) is 6.92 Å². The lowest BCUT2D eigenvalue weighted by Crippen LogP contribution is -2.37. The van der Waals surface area contributed by atoms with Gasteiger partial charge >= 0.3 is 0 Å². The number of hydrogen-bond acceptors (Lipinski definition) is 5. The summed E-state index contributed by atoms with van der Waals surface area (Å²) in [6.45, 7) is 4.24. The Morgan fingerprint density at radius 3 is 3.06 bits per heavy atom. The number of nitrogens with zero attached hydrogens (tertiary/aromatic N) is 1. The molecular formula is C10H17N3O2S2. The van der Waals surface area contributed by atoms with Gasteiger partial charge in [-0.15, -0.1) is 11.3 Å². The van der Waals surface area contributed by atoms with E-state index >= 15 is 0 Å². The Hall–Kier alpha value is -0.500. The van der Waals surface area contributed by atoms with Gasteiger partial charge < -0.3 is 5.32 Å². The third-order valence-corrected chi connectivity index (χ3v) is 5.62. The molecule has 1 unspecified atom stereocenters. The molecule has 2 rings (SSSR count). The number of hydrogen-bond donors (Lipinski definition) is 2. The second-order valence-electron chi connectivity index (χ2n) is 4.26. The van der Waals surface area contributed by atoms with Crippen LogP contribution in [0.3, 0.4) is 0 Å². The monoisotopic (exact) mass is 275 g/mol. The Balaban J connectivity index is 1.93. The second kappa shape index (κ2) is 5.43. The van der Waals surface area contributed by atoms with Gasteiger partial charge in [0.2, 0.25) is 0 Å². The molecule has 2 N–H and O–H groups in total. The van der Waals surface area contributed by atoms with Crippen molar-refractivity contribution in [2.45, 2.75) is 24.0 Å². The molecule has 1 aliphatic heterocycles. The molecule has 1 aromatic rings. The van der Waals surface area contributed by atoms with Gasteiger partial charge in [-0.05, 0) is 38.8 Å². The quantitative estimate of drug-likeness (QED) is 0.850. The number of aromatic nitrogens is 1. The van der Waals surface area contributed by atoms with E-state index in [0.29, 0.717) is 16.7 Å². The normalized spacial score (nSPS) is 21.6. The first kappa shape index (κ1) is 12.9. The molecule has 17 heavy (non-hydrogen) atoms. The van der Waals surface area contributed by atoms with Gasteiger partial charge in [-0.25, -0.2) is 18.1 Å². The molecule has 1 aliphatic rings. The minimum absolute atomic E-state index is 0.304. The summed E-state index contributed by atoms with van der Waals surface area (Å²) < 4.78 is 26.8. The number of rotatable bonds is 4. The van der Waals surface area contributed by atoms with E-state index < -0.39 is 10.0 Å². The van der Waals surface area contributed by atoms with E-state index in [1.807, 2.05) is 0 Å². The first-order valence-corrected chi connectivity index (χ1v) is 8.01. The van der Waals surface area contributed by atoms with Crippen molar-refractivity contribution in [3.05, 3.63) is 11.2 Å². The molecule has 0 aromatic carbocycles. The van der Waals surface area contributed by atoms with E-state index in [-0.39, 0.29) is 0 Å². The molecule has 1 saturated heterocycles. The average Bonchev–Trinajstić information content (AvgIpc) is 2.76. The summed E-state index contributed by atoms with van der Waals surface area (Å²) in [6, 6.07) is 0. The van der Waals surface area contributed by atoms with Gasteiger partial charge in [0.05, 0.1) is 11.2 Å². The number of sulfonamides is 1. The van der Waals surface area contributed by atoms with E-state index in [9.17, 15) is 8.42 Å². The Morgan fingerprint density at radius 1 is 1.65 bits per heavy atom. The van der Waals surface area contributed by atoms with Crippen molar-refractivity contribution < 1.29 is 8.42 Å². The lowest BCUT2D eigenvalue weighted by molar-refractivity contribution is 0.376. The van der Waals surface area contributed by atoms with Crippen LogP contribution in [0.15, 0.2) is 10.4 Å². The predicted molar refractivity (Wildman–Crippen MR) is 67.6 cm³/mol. The summed E-state index contributed by atoms with van der Waals surface area (Å²) in [6.07, 6.45) is 3.62. The zero-order chi connectivity index (χ0) is 12.3. The summed E-state index contributed by atoms with van der Waals surface area (Å²) in [5.41, 5.74) is 0. The van der Waals surface area contributed by atoms with Crippen molar-refractivity contribution in [3.63, 3.8) is 0 Å². The third-order valence-electron chi connectivity index (χ3n) is 2.83. The van der Waals surface area contributed by atoms with E-state index in [4.69, 9.17) is 0 Å². The van der Waals surface area contributed by atoms with Crippen molar-refractivity contribution in [1.29, 1.82) is 0 Å². The standard InChI is InChI=1S/C10H17N3O2S2/c1-8-12-7-10(16-8)17(14,15)13-6-9-3-2-4-11-5-9/h7,9,11,13H,2-6H2,1H3. The smallest absolute Gasteiger partial charge is 0.251 e.